The first-order chi connectivity index (χ1) is 36.0. The van der Waals surface area contributed by atoms with Crippen LogP contribution in [0.2, 0.25) is 0 Å². The summed E-state index contributed by atoms with van der Waals surface area (Å²) < 4.78 is 60.9. The molecule has 0 radical (unpaired) electrons. The van der Waals surface area contributed by atoms with Gasteiger partial charge in [-0.2, -0.15) is 0 Å². The summed E-state index contributed by atoms with van der Waals surface area (Å²) in [5.41, 5.74) is 4.07. The van der Waals surface area contributed by atoms with E-state index in [9.17, 15) is 63.0 Å². The lowest BCUT2D eigenvalue weighted by atomic mass is 9.87. The molecule has 25 nitrogen and oxygen atoms in total. The largest absolute Gasteiger partial charge is 0.790 e. The monoisotopic (exact) mass is 1160 g/mol. The molecule has 3 unspecified atom stereocenters. The number of ether oxygens (including phenoxy) is 1. The minimum Gasteiger partial charge on any atom is -0.790 e. The van der Waals surface area contributed by atoms with E-state index in [2.05, 4.69) is 50.4 Å². The number of aliphatic hydroxyl groups excluding tert-OH is 3. The first kappa shape index (κ1) is 67.8. The van der Waals surface area contributed by atoms with E-state index in [1.165, 1.54) is 129 Å². The molecule has 0 saturated carbocycles. The minimum absolute atomic E-state index is 0.0233. The third kappa shape index (κ3) is 26.7. The molecule has 0 aliphatic carbocycles. The van der Waals surface area contributed by atoms with Gasteiger partial charge in [-0.1, -0.05) is 174 Å². The lowest BCUT2D eigenvalue weighted by molar-refractivity contribution is -0.347. The molecule has 0 aromatic carbocycles. The van der Waals surface area contributed by atoms with Crippen LogP contribution in [0.25, 0.3) is 11.2 Å². The Morgan fingerprint density at radius 2 is 1.32 bits per heavy atom. The van der Waals surface area contributed by atoms with E-state index < -0.39 is 90.7 Å². The zero-order valence-corrected chi connectivity index (χ0v) is 47.7. The van der Waals surface area contributed by atoms with E-state index in [-0.39, 0.29) is 47.4 Å². The number of unbranched alkanes of at least 4 members (excludes halogenated alkanes) is 21. The van der Waals surface area contributed by atoms with Crippen molar-refractivity contribution in [1.29, 1.82) is 0 Å². The van der Waals surface area contributed by atoms with Gasteiger partial charge in [0.05, 0.1) is 27.4 Å². The number of fused-ring (bicyclic) bond motifs is 1. The molecule has 1 aliphatic heterocycles. The average molecular weight is 1160 g/mol. The van der Waals surface area contributed by atoms with Gasteiger partial charge in [0, 0.05) is 30.7 Å². The van der Waals surface area contributed by atoms with Crippen molar-refractivity contribution in [2.45, 2.75) is 212 Å². The number of imidazole rings is 1. The van der Waals surface area contributed by atoms with E-state index in [0.717, 1.165) is 54.7 Å². The molecule has 2 amide bonds. The molecule has 1 saturated heterocycles. The van der Waals surface area contributed by atoms with Gasteiger partial charge in [0.25, 0.3) is 15.6 Å². The average Bonchev–Trinajstić information content (AvgIpc) is 3.92. The Balaban J connectivity index is 1.22. The van der Waals surface area contributed by atoms with Crippen molar-refractivity contribution in [1.82, 2.24) is 30.2 Å². The summed E-state index contributed by atoms with van der Waals surface area (Å²) >= 11 is 0.909. The standard InChI is InChI=1S/C47H86N7O18P3S/c1-4-5-6-7-8-9-10-11-12-13-14-15-16-17-18-19-20-21-22-23-24-25-26-35(55)46(60)76-30-29-49-37(56)27-28-50-44(59)41(58)47(2,3)32-69-75(66,67)72-74(64,65)68-31-36-40(71-73(61,62)63)39(57)45(70-36)54-34-53-38-42(48)51-33-52-43(38)54/h33-36,39-41,45,55,57-58H,4-32H2,1-3H3,(H,49,56)(H,50,59)(H,64,65)(H,66,67)(H2,48,51,52)(H2,61,62,63)/p-4/t35?,36-,39-,40-,41+,45-/m1/s1. The molecule has 3 heterocycles. The van der Waals surface area contributed by atoms with Crippen molar-refractivity contribution in [2.75, 3.05) is 37.8 Å². The van der Waals surface area contributed by atoms with E-state index in [1.807, 2.05) is 0 Å². The van der Waals surface area contributed by atoms with Crippen molar-refractivity contribution in [3.63, 3.8) is 0 Å². The van der Waals surface area contributed by atoms with Crippen LogP contribution in [0.1, 0.15) is 181 Å². The molecular weight excluding hydrogens is 1080 g/mol. The number of hydrogen-bond donors (Lipinski definition) is 6. The zero-order valence-electron chi connectivity index (χ0n) is 44.2. The summed E-state index contributed by atoms with van der Waals surface area (Å²) in [6.07, 6.45) is 19.8. The van der Waals surface area contributed by atoms with Gasteiger partial charge in [-0.25, -0.2) is 19.3 Å². The van der Waals surface area contributed by atoms with Crippen LogP contribution in [0.15, 0.2) is 12.7 Å². The Labute approximate surface area is 450 Å². The third-order valence-electron chi connectivity index (χ3n) is 12.8. The number of nitrogens with two attached hydrogens (primary N) is 1. The first-order valence-corrected chi connectivity index (χ1v) is 32.0. The number of anilines is 1. The first-order valence-electron chi connectivity index (χ1n) is 26.6. The van der Waals surface area contributed by atoms with Crippen molar-refractivity contribution < 1.29 is 85.6 Å². The van der Waals surface area contributed by atoms with Crippen molar-refractivity contribution in [2.24, 2.45) is 5.41 Å². The number of carbonyl (C=O) groups is 3. The van der Waals surface area contributed by atoms with Crippen LogP contribution in [0.5, 0.6) is 0 Å². The number of nitrogens with one attached hydrogen (secondary N) is 2. The Bertz CT molecular complexity index is 2180. The molecule has 2 aromatic heterocycles. The number of thioether (sulfide) groups is 1. The van der Waals surface area contributed by atoms with Crippen molar-refractivity contribution in [3.05, 3.63) is 12.7 Å². The molecule has 8 atom stereocenters. The predicted octanol–water partition coefficient (Wildman–Crippen LogP) is 4.49. The third-order valence-corrected chi connectivity index (χ3v) is 16.8. The summed E-state index contributed by atoms with van der Waals surface area (Å²) in [7, 11) is -17.7. The van der Waals surface area contributed by atoms with E-state index in [1.54, 1.807) is 0 Å². The van der Waals surface area contributed by atoms with Crippen LogP contribution in [0.3, 0.4) is 0 Å². The maximum Gasteiger partial charge on any atom is 0.274 e. The Morgan fingerprint density at radius 1 is 0.789 bits per heavy atom. The molecule has 3 rings (SSSR count). The van der Waals surface area contributed by atoms with Gasteiger partial charge in [-0.05, 0) is 6.42 Å². The number of carbonyl (C=O) groups excluding carboxylic acids is 3. The van der Waals surface area contributed by atoms with Crippen molar-refractivity contribution >= 4 is 69.1 Å². The Kier molecular flexibility index (Phi) is 31.5. The molecule has 438 valence electrons. The molecule has 0 spiro atoms. The topological polar surface area (TPSA) is 395 Å². The Hall–Kier alpha value is -2.48. The van der Waals surface area contributed by atoms with Gasteiger partial charge < -0.3 is 74.1 Å². The number of nitrogen functional groups attached to an aromatic ring is 1. The summed E-state index contributed by atoms with van der Waals surface area (Å²) in [6, 6.07) is 0. The normalized spacial score (nSPS) is 19.6. The highest BCUT2D eigenvalue weighted by atomic mass is 32.2. The van der Waals surface area contributed by atoms with Crippen LogP contribution >= 0.6 is 35.2 Å². The fourth-order valence-corrected chi connectivity index (χ4v) is 11.9. The van der Waals surface area contributed by atoms with Crippen LogP contribution in [0, 0.1) is 5.41 Å². The summed E-state index contributed by atoms with van der Waals surface area (Å²) in [5.74, 6) is -1.39. The number of aliphatic hydroxyl groups is 3. The highest BCUT2D eigenvalue weighted by molar-refractivity contribution is 8.13. The summed E-state index contributed by atoms with van der Waals surface area (Å²) in [6.45, 7) is 2.23. The quantitative estimate of drug-likeness (QED) is 0.0393. The maximum absolute atomic E-state index is 12.7. The zero-order chi connectivity index (χ0) is 56.2. The van der Waals surface area contributed by atoms with Gasteiger partial charge in [-0.15, -0.1) is 0 Å². The summed E-state index contributed by atoms with van der Waals surface area (Å²) in [4.78, 5) is 97.2. The van der Waals surface area contributed by atoms with Gasteiger partial charge in [0.1, 0.15) is 42.4 Å². The molecular formula is C47H82N7O18P3S-4. The lowest BCUT2D eigenvalue weighted by Gasteiger charge is -2.36. The van der Waals surface area contributed by atoms with Gasteiger partial charge in [-0.3, -0.25) is 28.1 Å². The van der Waals surface area contributed by atoms with Crippen LogP contribution in [0.4, 0.5) is 5.82 Å². The second-order valence-corrected chi connectivity index (χ2v) is 25.0. The second kappa shape index (κ2) is 35.3. The molecule has 76 heavy (non-hydrogen) atoms. The van der Waals surface area contributed by atoms with E-state index in [0.29, 0.717) is 6.42 Å². The number of aromatic nitrogens is 4. The van der Waals surface area contributed by atoms with Crippen LogP contribution < -0.4 is 35.9 Å². The number of phosphoric acid groups is 3. The van der Waals surface area contributed by atoms with Crippen LogP contribution in [-0.2, 0) is 50.7 Å². The fourth-order valence-electron chi connectivity index (χ4n) is 8.42. The maximum atomic E-state index is 12.7. The molecule has 0 bridgehead atoms. The number of nitrogens with zero attached hydrogens (tertiary/aromatic N) is 4. The number of hydrogen-bond acceptors (Lipinski definition) is 23. The lowest BCUT2D eigenvalue weighted by Crippen LogP contribution is -2.46. The number of phosphoric ester groups is 3. The van der Waals surface area contributed by atoms with Gasteiger partial charge >= 0.3 is 0 Å². The van der Waals surface area contributed by atoms with Crippen LogP contribution in [-0.4, -0.2) is 114 Å². The highest BCUT2D eigenvalue weighted by Crippen LogP contribution is 2.56. The molecule has 29 heteroatoms. The van der Waals surface area contributed by atoms with Crippen molar-refractivity contribution in [3.8, 4) is 0 Å². The smallest absolute Gasteiger partial charge is 0.274 e. The van der Waals surface area contributed by atoms with Gasteiger partial charge in [0.2, 0.25) is 16.9 Å². The Morgan fingerprint density at radius 3 is 1.86 bits per heavy atom. The summed E-state index contributed by atoms with van der Waals surface area (Å²) in [5, 5.41) is 36.3. The fraction of sp³-hybridized carbons (Fsp3) is 0.830. The van der Waals surface area contributed by atoms with E-state index >= 15 is 0 Å². The minimum atomic E-state index is -5.93. The van der Waals surface area contributed by atoms with E-state index in [4.69, 9.17) is 10.5 Å². The molecule has 7 N–H and O–H groups in total. The number of rotatable bonds is 43. The van der Waals surface area contributed by atoms with Gasteiger partial charge in [0.15, 0.2) is 17.7 Å². The predicted molar refractivity (Wildman–Crippen MR) is 276 cm³/mol. The number of amides is 2. The second-order valence-electron chi connectivity index (χ2n) is 19.9. The molecule has 2 aromatic rings. The highest BCUT2D eigenvalue weighted by Gasteiger charge is 2.47. The molecule has 1 aliphatic rings. The molecule has 1 fully saturated rings. The SMILES string of the molecule is CCCCCCCCCCCCCCCCCCCCCCCCC(O)C(=O)SCCNC(=O)CCNC(=O)[C@H](O)C(C)(C)COP(=O)([O-])OP(=O)([O-])OC[C@H]1O[C@@H](n2cnc3c(N)ncnc32)[C@H](O)[C@@H]1OP(=O)([O-])[O-].